The maximum Gasteiger partial charge on any atom is 0.324 e. The highest BCUT2D eigenvalue weighted by atomic mass is 32.1. The number of rotatable bonds is 4. The van der Waals surface area contributed by atoms with E-state index >= 15 is 0 Å². The molecule has 1 aromatic carbocycles. The number of hydrogen-bond acceptors (Lipinski definition) is 3. The van der Waals surface area contributed by atoms with Crippen molar-refractivity contribution in [2.24, 2.45) is 0 Å². The number of benzene rings is 1. The summed E-state index contributed by atoms with van der Waals surface area (Å²) in [6, 6.07) is 6.25. The van der Waals surface area contributed by atoms with Gasteiger partial charge in [0.1, 0.15) is 5.82 Å². The zero-order valence-electron chi connectivity index (χ0n) is 11.6. The van der Waals surface area contributed by atoms with Crippen molar-refractivity contribution in [2.45, 2.75) is 31.8 Å². The van der Waals surface area contributed by atoms with Crippen LogP contribution in [0.15, 0.2) is 35.8 Å². The lowest BCUT2D eigenvalue weighted by Gasteiger charge is -2.29. The van der Waals surface area contributed by atoms with Gasteiger partial charge in [0.25, 0.3) is 0 Å². The molecule has 1 aliphatic carbocycles. The molecule has 1 saturated carbocycles. The van der Waals surface area contributed by atoms with Gasteiger partial charge in [-0.3, -0.25) is 5.32 Å². The van der Waals surface area contributed by atoms with Gasteiger partial charge < -0.3 is 4.90 Å². The molecule has 21 heavy (non-hydrogen) atoms. The van der Waals surface area contributed by atoms with Gasteiger partial charge in [-0.25, -0.2) is 14.2 Å². The van der Waals surface area contributed by atoms with Crippen LogP contribution in [0.5, 0.6) is 0 Å². The van der Waals surface area contributed by atoms with Crippen molar-refractivity contribution in [3.05, 3.63) is 47.2 Å². The number of carbonyl (C=O) groups is 1. The molecule has 1 atom stereocenters. The molecule has 1 aromatic heterocycles. The Morgan fingerprint density at radius 3 is 2.86 bits per heavy atom. The molecule has 3 rings (SSSR count). The molecule has 1 fully saturated rings. The van der Waals surface area contributed by atoms with Crippen molar-refractivity contribution in [2.75, 3.05) is 5.32 Å². The van der Waals surface area contributed by atoms with Crippen LogP contribution in [0, 0.1) is 5.82 Å². The lowest BCUT2D eigenvalue weighted by atomic mass is 10.1. The lowest BCUT2D eigenvalue weighted by molar-refractivity contribution is 0.187. The van der Waals surface area contributed by atoms with Crippen LogP contribution in [0.1, 0.15) is 31.4 Å². The Labute approximate surface area is 126 Å². The second-order valence-corrected chi connectivity index (χ2v) is 6.00. The summed E-state index contributed by atoms with van der Waals surface area (Å²) in [6.45, 7) is 1.86. The van der Waals surface area contributed by atoms with Crippen molar-refractivity contribution in [1.82, 2.24) is 9.88 Å². The number of amides is 2. The summed E-state index contributed by atoms with van der Waals surface area (Å²) in [5.74, 6) is -0.280. The maximum absolute atomic E-state index is 14.0. The van der Waals surface area contributed by atoms with Gasteiger partial charge in [0.15, 0.2) is 5.13 Å². The summed E-state index contributed by atoms with van der Waals surface area (Å²) in [6.07, 6.45) is 3.57. The number of urea groups is 1. The Hall–Kier alpha value is -1.95. The first-order valence-corrected chi connectivity index (χ1v) is 7.78. The molecule has 0 aliphatic heterocycles. The fraction of sp³-hybridized carbons (Fsp3) is 0.333. The smallest absolute Gasteiger partial charge is 0.315 e. The largest absolute Gasteiger partial charge is 0.324 e. The van der Waals surface area contributed by atoms with Crippen molar-refractivity contribution in [1.29, 1.82) is 0 Å². The number of hydrogen-bond donors (Lipinski definition) is 1. The fourth-order valence-corrected chi connectivity index (χ4v) is 2.93. The standard InChI is InChI=1S/C15H16FN3OS/c1-10(12-4-2-3-5-13(12)16)19(11-6-7-11)15(20)18-14-17-8-9-21-14/h2-5,8-11H,6-7H2,1H3,(H,17,18,20)/t10-/m0/s1. The van der Waals surface area contributed by atoms with Crippen molar-refractivity contribution >= 4 is 22.5 Å². The van der Waals surface area contributed by atoms with Crippen molar-refractivity contribution in [3.8, 4) is 0 Å². The number of halogens is 1. The molecule has 6 heteroatoms. The van der Waals surface area contributed by atoms with E-state index in [0.29, 0.717) is 10.7 Å². The molecule has 110 valence electrons. The molecule has 2 amide bonds. The SMILES string of the molecule is C[C@@H](c1ccccc1F)N(C(=O)Nc1nccs1)C1CC1. The molecule has 0 radical (unpaired) electrons. The van der Waals surface area contributed by atoms with Gasteiger partial charge in [0.05, 0.1) is 6.04 Å². The third-order valence-electron chi connectivity index (χ3n) is 3.59. The van der Waals surface area contributed by atoms with Gasteiger partial charge in [0.2, 0.25) is 0 Å². The second kappa shape index (κ2) is 5.81. The normalized spacial score (nSPS) is 15.5. The fourth-order valence-electron chi connectivity index (χ4n) is 2.42. The van der Waals surface area contributed by atoms with Crippen LogP contribution in [0.25, 0.3) is 0 Å². The zero-order chi connectivity index (χ0) is 14.8. The minimum absolute atomic E-state index is 0.180. The minimum atomic E-state index is -0.307. The molecule has 1 aliphatic rings. The molecule has 2 aromatic rings. The Balaban J connectivity index is 1.81. The quantitative estimate of drug-likeness (QED) is 0.926. The molecule has 0 saturated heterocycles. The lowest BCUT2D eigenvalue weighted by Crippen LogP contribution is -2.39. The number of nitrogens with one attached hydrogen (secondary N) is 1. The van der Waals surface area contributed by atoms with Gasteiger partial charge in [-0.1, -0.05) is 18.2 Å². The van der Waals surface area contributed by atoms with Crippen LogP contribution in [0.4, 0.5) is 14.3 Å². The van der Waals surface area contributed by atoms with Gasteiger partial charge in [-0.05, 0) is 25.8 Å². The third-order valence-corrected chi connectivity index (χ3v) is 4.28. The first-order valence-electron chi connectivity index (χ1n) is 6.90. The van der Waals surface area contributed by atoms with E-state index in [9.17, 15) is 9.18 Å². The average molecular weight is 305 g/mol. The molecule has 4 nitrogen and oxygen atoms in total. The highest BCUT2D eigenvalue weighted by Crippen LogP contribution is 2.35. The van der Waals surface area contributed by atoms with Crippen LogP contribution in [-0.2, 0) is 0 Å². The van der Waals surface area contributed by atoms with Gasteiger partial charge in [-0.15, -0.1) is 11.3 Å². The first kappa shape index (κ1) is 14.0. The minimum Gasteiger partial charge on any atom is -0.315 e. The van der Waals surface area contributed by atoms with E-state index in [4.69, 9.17) is 0 Å². The van der Waals surface area contributed by atoms with Crippen LogP contribution in [-0.4, -0.2) is 22.0 Å². The third kappa shape index (κ3) is 3.05. The van der Waals surface area contributed by atoms with Crippen LogP contribution >= 0.6 is 11.3 Å². The van der Waals surface area contributed by atoms with Crippen LogP contribution < -0.4 is 5.32 Å². The van der Waals surface area contributed by atoms with Gasteiger partial charge in [0, 0.05) is 23.2 Å². The van der Waals surface area contributed by atoms with E-state index < -0.39 is 0 Å². The Bertz CT molecular complexity index is 628. The van der Waals surface area contributed by atoms with E-state index in [2.05, 4.69) is 10.3 Å². The molecule has 1 heterocycles. The number of anilines is 1. The van der Waals surface area contributed by atoms with Crippen molar-refractivity contribution in [3.63, 3.8) is 0 Å². The van der Waals surface area contributed by atoms with E-state index in [-0.39, 0.29) is 23.9 Å². The summed E-state index contributed by atoms with van der Waals surface area (Å²) in [5, 5.41) is 5.15. The summed E-state index contributed by atoms with van der Waals surface area (Å²) >= 11 is 1.37. The highest BCUT2D eigenvalue weighted by molar-refractivity contribution is 7.13. The Morgan fingerprint density at radius 2 is 2.24 bits per heavy atom. The molecule has 1 N–H and O–H groups in total. The highest BCUT2D eigenvalue weighted by Gasteiger charge is 2.37. The van der Waals surface area contributed by atoms with E-state index in [0.717, 1.165) is 12.8 Å². The van der Waals surface area contributed by atoms with Crippen LogP contribution in [0.3, 0.4) is 0 Å². The predicted molar refractivity (Wildman–Crippen MR) is 80.8 cm³/mol. The topological polar surface area (TPSA) is 45.2 Å². The van der Waals surface area contributed by atoms with E-state index in [1.165, 1.54) is 17.4 Å². The molecule has 0 bridgehead atoms. The molecular weight excluding hydrogens is 289 g/mol. The predicted octanol–water partition coefficient (Wildman–Crippen LogP) is 4.04. The van der Waals surface area contributed by atoms with Gasteiger partial charge >= 0.3 is 6.03 Å². The molecule has 0 unspecified atom stereocenters. The number of aromatic nitrogens is 1. The molecule has 0 spiro atoms. The number of carbonyl (C=O) groups excluding carboxylic acids is 1. The Morgan fingerprint density at radius 1 is 1.48 bits per heavy atom. The maximum atomic E-state index is 14.0. The van der Waals surface area contributed by atoms with Gasteiger partial charge in [-0.2, -0.15) is 0 Å². The van der Waals surface area contributed by atoms with Crippen LogP contribution in [0.2, 0.25) is 0 Å². The monoisotopic (exact) mass is 305 g/mol. The Kier molecular flexibility index (Phi) is 3.88. The first-order chi connectivity index (χ1) is 10.2. The van der Waals surface area contributed by atoms with E-state index in [1.807, 2.05) is 6.92 Å². The van der Waals surface area contributed by atoms with E-state index in [1.54, 1.807) is 34.7 Å². The number of nitrogens with zero attached hydrogens (tertiary/aromatic N) is 2. The number of thiazole rings is 1. The van der Waals surface area contributed by atoms with Crippen molar-refractivity contribution < 1.29 is 9.18 Å². The summed E-state index contributed by atoms with van der Waals surface area (Å²) < 4.78 is 14.0. The summed E-state index contributed by atoms with van der Waals surface area (Å²) in [4.78, 5) is 18.3. The second-order valence-electron chi connectivity index (χ2n) is 5.10. The zero-order valence-corrected chi connectivity index (χ0v) is 12.4. The summed E-state index contributed by atoms with van der Waals surface area (Å²) in [5.41, 5.74) is 0.540. The average Bonchev–Trinajstić information content (AvgIpc) is 3.16. The molecular formula is C15H16FN3OS. The summed E-state index contributed by atoms with van der Waals surface area (Å²) in [7, 11) is 0.